The van der Waals surface area contributed by atoms with E-state index < -0.39 is 0 Å². The number of furan rings is 1. The minimum absolute atomic E-state index is 0.798. The Hall–Kier alpha value is -0.130. The standard InChI is InChI=1S/C7H3Br2NOS/c8-5-6(9)12-7(10-5)4-2-1-3-11-4/h1-3H. The van der Waals surface area contributed by atoms with Gasteiger partial charge in [0, 0.05) is 0 Å². The van der Waals surface area contributed by atoms with Crippen molar-refractivity contribution in [3.8, 4) is 10.8 Å². The van der Waals surface area contributed by atoms with Gasteiger partial charge in [-0.15, -0.1) is 11.3 Å². The maximum Gasteiger partial charge on any atom is 0.162 e. The zero-order chi connectivity index (χ0) is 8.55. The number of rotatable bonds is 1. The number of thiazole rings is 1. The van der Waals surface area contributed by atoms with Crippen LogP contribution in [0.5, 0.6) is 0 Å². The number of halogens is 2. The van der Waals surface area contributed by atoms with Crippen LogP contribution in [0.15, 0.2) is 31.2 Å². The van der Waals surface area contributed by atoms with E-state index in [0.717, 1.165) is 19.2 Å². The molecule has 5 heteroatoms. The summed E-state index contributed by atoms with van der Waals surface area (Å²) in [6.45, 7) is 0. The summed E-state index contributed by atoms with van der Waals surface area (Å²) in [5, 5.41) is 0.874. The maximum absolute atomic E-state index is 5.19. The van der Waals surface area contributed by atoms with Crippen LogP contribution in [0.25, 0.3) is 10.8 Å². The van der Waals surface area contributed by atoms with E-state index in [-0.39, 0.29) is 0 Å². The molecule has 2 heterocycles. The third-order valence-electron chi connectivity index (χ3n) is 1.28. The number of nitrogens with zero attached hydrogens (tertiary/aromatic N) is 1. The topological polar surface area (TPSA) is 26.0 Å². The van der Waals surface area contributed by atoms with E-state index >= 15 is 0 Å². The summed E-state index contributed by atoms with van der Waals surface area (Å²) >= 11 is 8.22. The van der Waals surface area contributed by atoms with Crippen molar-refractivity contribution in [1.82, 2.24) is 4.98 Å². The van der Waals surface area contributed by atoms with E-state index in [2.05, 4.69) is 36.8 Å². The Balaban J connectivity index is 2.48. The maximum atomic E-state index is 5.19. The van der Waals surface area contributed by atoms with E-state index in [1.54, 1.807) is 6.26 Å². The molecule has 0 N–H and O–H groups in total. The van der Waals surface area contributed by atoms with Crippen LogP contribution >= 0.6 is 43.2 Å². The molecule has 0 amide bonds. The van der Waals surface area contributed by atoms with Gasteiger partial charge in [-0.1, -0.05) is 0 Å². The smallest absolute Gasteiger partial charge is 0.162 e. The molecular formula is C7H3Br2NOS. The average Bonchev–Trinajstić information content (AvgIpc) is 2.61. The average molecular weight is 309 g/mol. The minimum Gasteiger partial charge on any atom is -0.462 e. The van der Waals surface area contributed by atoms with Crippen LogP contribution in [0, 0.1) is 0 Å². The van der Waals surface area contributed by atoms with Gasteiger partial charge in [-0.3, -0.25) is 0 Å². The molecule has 0 saturated heterocycles. The predicted octanol–water partition coefficient (Wildman–Crippen LogP) is 3.93. The van der Waals surface area contributed by atoms with Crippen molar-refractivity contribution in [2.24, 2.45) is 0 Å². The highest BCUT2D eigenvalue weighted by Crippen LogP contribution is 2.34. The first-order valence-corrected chi connectivity index (χ1v) is 5.53. The second-order valence-corrected chi connectivity index (χ2v) is 5.13. The molecule has 0 saturated carbocycles. The van der Waals surface area contributed by atoms with Gasteiger partial charge >= 0.3 is 0 Å². The molecule has 0 bridgehead atoms. The fourth-order valence-electron chi connectivity index (χ4n) is 0.789. The van der Waals surface area contributed by atoms with Crippen LogP contribution in [-0.4, -0.2) is 4.98 Å². The lowest BCUT2D eigenvalue weighted by Gasteiger charge is -1.84. The predicted molar refractivity (Wildman–Crippen MR) is 55.2 cm³/mol. The zero-order valence-corrected chi connectivity index (χ0v) is 9.74. The molecule has 0 aliphatic rings. The van der Waals surface area contributed by atoms with Crippen LogP contribution in [0.1, 0.15) is 0 Å². The van der Waals surface area contributed by atoms with Crippen LogP contribution in [0.3, 0.4) is 0 Å². The Morgan fingerprint density at radius 3 is 2.75 bits per heavy atom. The molecule has 0 aromatic carbocycles. The minimum atomic E-state index is 0.798. The second-order valence-electron chi connectivity index (χ2n) is 2.06. The van der Waals surface area contributed by atoms with Gasteiger partial charge in [0.15, 0.2) is 10.8 Å². The van der Waals surface area contributed by atoms with Gasteiger partial charge in [0.05, 0.1) is 6.26 Å². The van der Waals surface area contributed by atoms with Gasteiger partial charge in [0.1, 0.15) is 8.39 Å². The summed E-state index contributed by atoms with van der Waals surface area (Å²) in [6.07, 6.45) is 1.64. The molecule has 0 spiro atoms. The van der Waals surface area contributed by atoms with Gasteiger partial charge in [0.25, 0.3) is 0 Å². The summed E-state index contributed by atoms with van der Waals surface area (Å²) in [5.41, 5.74) is 0. The van der Waals surface area contributed by atoms with Crippen molar-refractivity contribution < 1.29 is 4.42 Å². The molecule has 0 aliphatic heterocycles. The quantitative estimate of drug-likeness (QED) is 0.798. The summed E-state index contributed by atoms with van der Waals surface area (Å²) in [7, 11) is 0. The number of aromatic nitrogens is 1. The van der Waals surface area contributed by atoms with E-state index in [1.165, 1.54) is 11.3 Å². The third-order valence-corrected chi connectivity index (χ3v) is 4.37. The van der Waals surface area contributed by atoms with E-state index in [0.29, 0.717) is 0 Å². The zero-order valence-electron chi connectivity index (χ0n) is 5.75. The highest BCUT2D eigenvalue weighted by Gasteiger charge is 2.09. The molecule has 62 valence electrons. The Bertz CT molecular complexity index is 363. The molecule has 0 fully saturated rings. The highest BCUT2D eigenvalue weighted by atomic mass is 79.9. The molecule has 2 rings (SSSR count). The monoisotopic (exact) mass is 307 g/mol. The lowest BCUT2D eigenvalue weighted by molar-refractivity contribution is 0.582. The van der Waals surface area contributed by atoms with E-state index in [4.69, 9.17) is 4.42 Å². The normalized spacial score (nSPS) is 10.5. The molecular weight excluding hydrogens is 306 g/mol. The van der Waals surface area contributed by atoms with Crippen molar-refractivity contribution in [2.75, 3.05) is 0 Å². The Labute approximate surface area is 89.9 Å². The summed E-state index contributed by atoms with van der Waals surface area (Å²) in [5.74, 6) is 0.798. The summed E-state index contributed by atoms with van der Waals surface area (Å²) in [4.78, 5) is 4.25. The summed E-state index contributed by atoms with van der Waals surface area (Å²) < 4.78 is 6.99. The van der Waals surface area contributed by atoms with Gasteiger partial charge in [-0.05, 0) is 44.0 Å². The third kappa shape index (κ3) is 1.48. The first-order valence-electron chi connectivity index (χ1n) is 3.13. The van der Waals surface area contributed by atoms with Crippen molar-refractivity contribution in [3.63, 3.8) is 0 Å². The molecule has 0 unspecified atom stereocenters. The number of hydrogen-bond donors (Lipinski definition) is 0. The highest BCUT2D eigenvalue weighted by molar-refractivity contribution is 9.13. The number of hydrogen-bond acceptors (Lipinski definition) is 3. The van der Waals surface area contributed by atoms with Crippen LogP contribution in [0.2, 0.25) is 0 Å². The Kier molecular flexibility index (Phi) is 2.34. The fourth-order valence-corrected chi connectivity index (χ4v) is 2.53. The van der Waals surface area contributed by atoms with E-state index in [9.17, 15) is 0 Å². The Morgan fingerprint density at radius 1 is 1.42 bits per heavy atom. The van der Waals surface area contributed by atoms with Crippen LogP contribution in [-0.2, 0) is 0 Å². The first kappa shape index (κ1) is 8.47. The van der Waals surface area contributed by atoms with Gasteiger partial charge in [-0.25, -0.2) is 4.98 Å². The lowest BCUT2D eigenvalue weighted by Crippen LogP contribution is -1.68. The molecule has 2 aromatic heterocycles. The molecule has 0 atom stereocenters. The van der Waals surface area contributed by atoms with Crippen molar-refractivity contribution >= 4 is 43.2 Å². The van der Waals surface area contributed by atoms with Crippen LogP contribution < -0.4 is 0 Å². The molecule has 2 aromatic rings. The Morgan fingerprint density at radius 2 is 2.25 bits per heavy atom. The van der Waals surface area contributed by atoms with Crippen molar-refractivity contribution in [2.45, 2.75) is 0 Å². The lowest BCUT2D eigenvalue weighted by atomic mass is 10.5. The van der Waals surface area contributed by atoms with Crippen LogP contribution in [0.4, 0.5) is 0 Å². The SMILES string of the molecule is Brc1nc(-c2ccco2)sc1Br. The van der Waals surface area contributed by atoms with Gasteiger partial charge in [0.2, 0.25) is 0 Å². The fraction of sp³-hybridized carbons (Fsp3) is 0. The van der Waals surface area contributed by atoms with Gasteiger partial charge < -0.3 is 4.42 Å². The largest absolute Gasteiger partial charge is 0.462 e. The van der Waals surface area contributed by atoms with E-state index in [1.807, 2.05) is 12.1 Å². The van der Waals surface area contributed by atoms with Crippen molar-refractivity contribution in [1.29, 1.82) is 0 Å². The summed E-state index contributed by atoms with van der Waals surface area (Å²) in [6, 6.07) is 3.73. The molecule has 0 radical (unpaired) electrons. The molecule has 12 heavy (non-hydrogen) atoms. The molecule has 2 nitrogen and oxygen atoms in total. The van der Waals surface area contributed by atoms with Crippen molar-refractivity contribution in [3.05, 3.63) is 26.8 Å². The van der Waals surface area contributed by atoms with Gasteiger partial charge in [-0.2, -0.15) is 0 Å². The second kappa shape index (κ2) is 3.32. The first-order chi connectivity index (χ1) is 5.77. The molecule has 0 aliphatic carbocycles.